The predicted octanol–water partition coefficient (Wildman–Crippen LogP) is 4.86. The Bertz CT molecular complexity index is 1390. The van der Waals surface area contributed by atoms with Gasteiger partial charge in [-0.1, -0.05) is 26.0 Å². The molecule has 0 aromatic heterocycles. The van der Waals surface area contributed by atoms with Crippen molar-refractivity contribution in [3.63, 3.8) is 0 Å². The van der Waals surface area contributed by atoms with Gasteiger partial charge in [-0.3, -0.25) is 9.59 Å². The number of phenols is 1. The molecule has 1 unspecified atom stereocenters. The van der Waals surface area contributed by atoms with Crippen LogP contribution in [0.25, 0.3) is 0 Å². The number of aromatic hydroxyl groups is 1. The molecule has 3 aromatic carbocycles. The summed E-state index contributed by atoms with van der Waals surface area (Å²) >= 11 is 0. The third-order valence-corrected chi connectivity index (χ3v) is 6.75. The van der Waals surface area contributed by atoms with Crippen molar-refractivity contribution in [1.82, 2.24) is 5.32 Å². The van der Waals surface area contributed by atoms with Gasteiger partial charge in [0, 0.05) is 22.5 Å². The maximum Gasteiger partial charge on any atom is 0.255 e. The van der Waals surface area contributed by atoms with E-state index in [2.05, 4.69) is 10.6 Å². The monoisotopic (exact) mass is 498 g/mol. The number of phenolic OH excluding ortho intramolecular Hbond substituents is 1. The van der Waals surface area contributed by atoms with Crippen LogP contribution in [0.3, 0.4) is 0 Å². The predicted molar refractivity (Wildman–Crippen MR) is 145 cm³/mol. The third kappa shape index (κ3) is 5.59. The van der Waals surface area contributed by atoms with Gasteiger partial charge in [-0.2, -0.15) is 0 Å². The number of hydrogen-bond donors (Lipinski definition) is 6. The van der Waals surface area contributed by atoms with E-state index in [0.717, 1.165) is 5.56 Å². The number of hydrogen-bond acceptors (Lipinski definition) is 6. The number of nitrogens with two attached hydrogens (primary N) is 2. The summed E-state index contributed by atoms with van der Waals surface area (Å²) in [6.07, 6.45) is 3.86. The number of carbonyl (C=O) groups is 2. The standard InChI is InChI=1S/C29H30N4O4/c1-29(2,19-7-13-25(34)23(15-19)32-27(36)17-3-9-21(30)10-4-17)20-8-14-26(35)24(16-20)33-28(37)18-5-11-22(31)12-6-18/h3-15,20,34-35H,16,30-31H2,1-2H3,(H,32,36)(H,33,37). The first-order chi connectivity index (χ1) is 17.5. The molecule has 37 heavy (non-hydrogen) atoms. The van der Waals surface area contributed by atoms with E-state index in [9.17, 15) is 19.8 Å². The lowest BCUT2D eigenvalue weighted by Crippen LogP contribution is -2.33. The average Bonchev–Trinajstić information content (AvgIpc) is 2.87. The largest absolute Gasteiger partial charge is 0.506 e. The van der Waals surface area contributed by atoms with Crippen LogP contribution < -0.4 is 22.1 Å². The van der Waals surface area contributed by atoms with E-state index in [1.165, 1.54) is 0 Å². The van der Waals surface area contributed by atoms with E-state index in [4.69, 9.17) is 11.5 Å². The van der Waals surface area contributed by atoms with E-state index < -0.39 is 5.41 Å². The number of aliphatic hydroxyl groups is 1. The second kappa shape index (κ2) is 10.1. The summed E-state index contributed by atoms with van der Waals surface area (Å²) in [5.41, 5.74) is 14.4. The fourth-order valence-corrected chi connectivity index (χ4v) is 4.23. The number of carbonyl (C=O) groups excluding carboxylic acids is 2. The van der Waals surface area contributed by atoms with Crippen LogP contribution in [0.2, 0.25) is 0 Å². The Labute approximate surface area is 215 Å². The van der Waals surface area contributed by atoms with Crippen LogP contribution in [0.1, 0.15) is 46.5 Å². The molecule has 3 aromatic rings. The Morgan fingerprint density at radius 2 is 1.38 bits per heavy atom. The topological polar surface area (TPSA) is 151 Å². The Morgan fingerprint density at radius 1 is 0.838 bits per heavy atom. The van der Waals surface area contributed by atoms with Gasteiger partial charge in [0.1, 0.15) is 11.5 Å². The zero-order valence-electron chi connectivity index (χ0n) is 20.7. The third-order valence-electron chi connectivity index (χ3n) is 6.75. The Hall–Kier alpha value is -4.72. The normalized spacial score (nSPS) is 15.4. The van der Waals surface area contributed by atoms with Gasteiger partial charge < -0.3 is 32.3 Å². The second-order valence-electron chi connectivity index (χ2n) is 9.64. The van der Waals surface area contributed by atoms with Crippen LogP contribution in [-0.4, -0.2) is 22.0 Å². The molecule has 0 radical (unpaired) electrons. The molecule has 190 valence electrons. The summed E-state index contributed by atoms with van der Waals surface area (Å²) in [4.78, 5) is 25.4. The molecular weight excluding hydrogens is 468 g/mol. The number of amides is 2. The summed E-state index contributed by atoms with van der Waals surface area (Å²) in [5.74, 6) is -0.876. The van der Waals surface area contributed by atoms with Crippen molar-refractivity contribution >= 4 is 28.9 Å². The van der Waals surface area contributed by atoms with E-state index in [0.29, 0.717) is 34.6 Å². The lowest BCUT2D eigenvalue weighted by Gasteiger charge is -2.36. The molecule has 4 rings (SSSR count). The molecule has 0 heterocycles. The van der Waals surface area contributed by atoms with E-state index >= 15 is 0 Å². The zero-order chi connectivity index (χ0) is 26.7. The van der Waals surface area contributed by atoms with Gasteiger partial charge in [0.15, 0.2) is 0 Å². The Morgan fingerprint density at radius 3 is 1.95 bits per heavy atom. The minimum absolute atomic E-state index is 0.00185. The molecule has 8 N–H and O–H groups in total. The first-order valence-corrected chi connectivity index (χ1v) is 11.8. The highest BCUT2D eigenvalue weighted by molar-refractivity contribution is 6.05. The van der Waals surface area contributed by atoms with Crippen molar-refractivity contribution in [3.05, 3.63) is 107 Å². The second-order valence-corrected chi connectivity index (χ2v) is 9.64. The molecule has 1 aliphatic rings. The van der Waals surface area contributed by atoms with Crippen molar-refractivity contribution in [1.29, 1.82) is 0 Å². The van der Waals surface area contributed by atoms with Gasteiger partial charge in [0.05, 0.1) is 11.4 Å². The van der Waals surface area contributed by atoms with Crippen molar-refractivity contribution in [3.8, 4) is 5.75 Å². The summed E-state index contributed by atoms with van der Waals surface area (Å²) in [5, 5.41) is 26.4. The van der Waals surface area contributed by atoms with Gasteiger partial charge >= 0.3 is 0 Å². The maximum absolute atomic E-state index is 12.7. The number of anilines is 3. The SMILES string of the molecule is CC(C)(c1ccc(O)c(NC(=O)c2ccc(N)cc2)c1)C1C=CC(O)=C(NC(=O)c2ccc(N)cc2)C1. The molecule has 0 bridgehead atoms. The fourth-order valence-electron chi connectivity index (χ4n) is 4.23. The lowest BCUT2D eigenvalue weighted by atomic mass is 9.70. The maximum atomic E-state index is 12.7. The van der Waals surface area contributed by atoms with Crippen molar-refractivity contribution in [2.45, 2.75) is 25.7 Å². The molecular formula is C29H30N4O4. The number of aliphatic hydroxyl groups excluding tert-OH is 1. The smallest absolute Gasteiger partial charge is 0.255 e. The molecule has 8 heteroatoms. The van der Waals surface area contributed by atoms with Gasteiger partial charge in [-0.05, 0) is 90.1 Å². The van der Waals surface area contributed by atoms with E-state index in [1.54, 1.807) is 72.8 Å². The van der Waals surface area contributed by atoms with E-state index in [1.807, 2.05) is 19.9 Å². The molecule has 8 nitrogen and oxygen atoms in total. The molecule has 0 saturated heterocycles. The molecule has 1 atom stereocenters. The number of rotatable bonds is 6. The molecule has 0 spiro atoms. The number of benzene rings is 3. The van der Waals surface area contributed by atoms with E-state index in [-0.39, 0.29) is 34.9 Å². The Kier molecular flexibility index (Phi) is 6.93. The molecule has 0 aliphatic heterocycles. The molecule has 0 saturated carbocycles. The van der Waals surface area contributed by atoms with Gasteiger partial charge in [0.2, 0.25) is 0 Å². The fraction of sp³-hybridized carbons (Fsp3) is 0.172. The van der Waals surface area contributed by atoms with Gasteiger partial charge in [-0.25, -0.2) is 0 Å². The highest BCUT2D eigenvalue weighted by atomic mass is 16.3. The Balaban J connectivity index is 1.52. The number of allylic oxidation sites excluding steroid dienone is 3. The minimum Gasteiger partial charge on any atom is -0.506 e. The van der Waals surface area contributed by atoms with Gasteiger partial charge in [-0.15, -0.1) is 0 Å². The summed E-state index contributed by atoms with van der Waals surface area (Å²) < 4.78 is 0. The molecule has 1 aliphatic carbocycles. The highest BCUT2D eigenvalue weighted by Crippen LogP contribution is 2.41. The van der Waals surface area contributed by atoms with Crippen LogP contribution in [-0.2, 0) is 5.41 Å². The van der Waals surface area contributed by atoms with Crippen LogP contribution >= 0.6 is 0 Å². The van der Waals surface area contributed by atoms with Crippen molar-refractivity contribution in [2.75, 3.05) is 16.8 Å². The van der Waals surface area contributed by atoms with Crippen molar-refractivity contribution in [2.24, 2.45) is 5.92 Å². The molecule has 0 fully saturated rings. The van der Waals surface area contributed by atoms with Crippen LogP contribution in [0.5, 0.6) is 5.75 Å². The quantitative estimate of drug-likeness (QED) is 0.211. The zero-order valence-corrected chi connectivity index (χ0v) is 20.7. The van der Waals surface area contributed by atoms with Crippen LogP contribution in [0.15, 0.2) is 90.3 Å². The number of nitrogen functional groups attached to an aromatic ring is 2. The van der Waals surface area contributed by atoms with Crippen molar-refractivity contribution < 1.29 is 19.8 Å². The summed E-state index contributed by atoms with van der Waals surface area (Å²) in [7, 11) is 0. The van der Waals surface area contributed by atoms with Gasteiger partial charge in [0.25, 0.3) is 11.8 Å². The van der Waals surface area contributed by atoms with Crippen LogP contribution in [0, 0.1) is 5.92 Å². The first kappa shape index (κ1) is 25.4. The highest BCUT2D eigenvalue weighted by Gasteiger charge is 2.33. The summed E-state index contributed by atoms with van der Waals surface area (Å²) in [6, 6.07) is 18.1. The number of nitrogens with one attached hydrogen (secondary N) is 2. The van der Waals surface area contributed by atoms with Crippen LogP contribution in [0.4, 0.5) is 17.1 Å². The summed E-state index contributed by atoms with van der Waals surface area (Å²) in [6.45, 7) is 4.06. The average molecular weight is 499 g/mol. The molecule has 2 amide bonds. The minimum atomic E-state index is -0.483. The first-order valence-electron chi connectivity index (χ1n) is 11.8. The lowest BCUT2D eigenvalue weighted by molar-refractivity contribution is 0.0959.